The number of amides is 1. The molecule has 0 spiro atoms. The predicted molar refractivity (Wildman–Crippen MR) is 80.0 cm³/mol. The van der Waals surface area contributed by atoms with Crippen LogP contribution in [0.5, 0.6) is 0 Å². The maximum absolute atomic E-state index is 13.2. The van der Waals surface area contributed by atoms with Gasteiger partial charge in [0, 0.05) is 31.2 Å². The summed E-state index contributed by atoms with van der Waals surface area (Å²) in [6.45, 7) is 0. The van der Waals surface area contributed by atoms with E-state index in [1.165, 1.54) is 0 Å². The molecule has 1 heterocycles. The third kappa shape index (κ3) is 3.71. The van der Waals surface area contributed by atoms with E-state index in [2.05, 4.69) is 10.3 Å². The van der Waals surface area contributed by atoms with Crippen molar-refractivity contribution in [2.24, 2.45) is 5.92 Å². The van der Waals surface area contributed by atoms with Crippen molar-refractivity contribution in [3.63, 3.8) is 0 Å². The van der Waals surface area contributed by atoms with Crippen LogP contribution in [-0.4, -0.2) is 38.6 Å². The Balaban J connectivity index is 1.58. The molecule has 1 aromatic heterocycles. The lowest BCUT2D eigenvalue weighted by Crippen LogP contribution is -2.51. The minimum Gasteiger partial charge on any atom is -0.389 e. The van der Waals surface area contributed by atoms with E-state index in [4.69, 9.17) is 0 Å². The Morgan fingerprint density at radius 1 is 1.26 bits per heavy atom. The zero-order valence-electron chi connectivity index (χ0n) is 13.0. The van der Waals surface area contributed by atoms with Gasteiger partial charge in [0.05, 0.1) is 24.5 Å². The average molecular weight is 327 g/mol. The molecule has 7 heteroatoms. The van der Waals surface area contributed by atoms with Gasteiger partial charge >= 0.3 is 0 Å². The van der Waals surface area contributed by atoms with E-state index in [9.17, 15) is 18.7 Å². The highest BCUT2D eigenvalue weighted by atomic mass is 19.3. The maximum Gasteiger partial charge on any atom is 0.248 e. The fraction of sp³-hybridized carbons (Fsp3) is 0.750. The minimum absolute atomic E-state index is 0.104. The largest absolute Gasteiger partial charge is 0.389 e. The summed E-state index contributed by atoms with van der Waals surface area (Å²) in [6, 6.07) is -0.432. The highest BCUT2D eigenvalue weighted by Crippen LogP contribution is 2.36. The van der Waals surface area contributed by atoms with Crippen molar-refractivity contribution >= 4 is 5.91 Å². The van der Waals surface area contributed by atoms with E-state index in [0.29, 0.717) is 6.42 Å². The number of carbonyl (C=O) groups excluding carboxylic acids is 1. The van der Waals surface area contributed by atoms with Crippen LogP contribution < -0.4 is 5.32 Å². The highest BCUT2D eigenvalue weighted by Gasteiger charge is 2.39. The van der Waals surface area contributed by atoms with Crippen LogP contribution in [0, 0.1) is 5.92 Å². The van der Waals surface area contributed by atoms with Gasteiger partial charge < -0.3 is 15.0 Å². The molecule has 1 aromatic rings. The van der Waals surface area contributed by atoms with Gasteiger partial charge in [-0.05, 0) is 32.1 Å². The maximum atomic E-state index is 13.2. The molecule has 0 bridgehead atoms. The number of nitrogens with one attached hydrogen (secondary N) is 1. The smallest absolute Gasteiger partial charge is 0.248 e. The number of nitrogens with zero attached hydrogens (tertiary/aromatic N) is 2. The van der Waals surface area contributed by atoms with Crippen LogP contribution in [0.15, 0.2) is 18.7 Å². The monoisotopic (exact) mass is 327 g/mol. The first-order valence-electron chi connectivity index (χ1n) is 8.30. The molecule has 2 aliphatic rings. The van der Waals surface area contributed by atoms with Crippen molar-refractivity contribution in [2.75, 3.05) is 0 Å². The summed E-state index contributed by atoms with van der Waals surface area (Å²) >= 11 is 0. The Kier molecular flexibility index (Phi) is 4.66. The van der Waals surface area contributed by atoms with Crippen molar-refractivity contribution < 1.29 is 18.7 Å². The lowest BCUT2D eigenvalue weighted by atomic mass is 9.84. The minimum atomic E-state index is -2.63. The fourth-order valence-corrected chi connectivity index (χ4v) is 3.71. The third-order valence-corrected chi connectivity index (χ3v) is 5.14. The summed E-state index contributed by atoms with van der Waals surface area (Å²) in [5.74, 6) is -3.19. The summed E-state index contributed by atoms with van der Waals surface area (Å²) in [5.41, 5.74) is 0. The summed E-state index contributed by atoms with van der Waals surface area (Å²) in [5, 5.41) is 13.4. The number of aliphatic hydroxyl groups is 1. The fourth-order valence-electron chi connectivity index (χ4n) is 3.71. The van der Waals surface area contributed by atoms with Gasteiger partial charge in [-0.25, -0.2) is 13.8 Å². The Morgan fingerprint density at radius 2 is 2.00 bits per heavy atom. The third-order valence-electron chi connectivity index (χ3n) is 5.14. The molecule has 0 saturated heterocycles. The number of aliphatic hydroxyl groups excluding tert-OH is 1. The zero-order chi connectivity index (χ0) is 16.4. The molecular weight excluding hydrogens is 304 g/mol. The van der Waals surface area contributed by atoms with Crippen LogP contribution in [0.3, 0.4) is 0 Å². The van der Waals surface area contributed by atoms with Crippen LogP contribution in [0.2, 0.25) is 0 Å². The standard InChI is InChI=1S/C16H23F2N3O2/c17-16(18)6-4-11(5-7-16)15(23)20-12-2-1-3-13(14(12)22)21-9-8-19-10-21/h8-14,22H,1-7H2,(H,20,23)/t12-,13-,14-/m1/s1. The molecular formula is C16H23F2N3O2. The van der Waals surface area contributed by atoms with Gasteiger partial charge in [0.25, 0.3) is 0 Å². The summed E-state index contributed by atoms with van der Waals surface area (Å²) in [6.07, 6.45) is 6.87. The molecule has 128 valence electrons. The van der Waals surface area contributed by atoms with Crippen LogP contribution in [0.25, 0.3) is 0 Å². The molecule has 3 atom stereocenters. The molecule has 1 amide bonds. The number of imidazole rings is 1. The molecule has 5 nitrogen and oxygen atoms in total. The number of halogens is 2. The lowest BCUT2D eigenvalue weighted by molar-refractivity contribution is -0.131. The molecule has 0 aliphatic heterocycles. The molecule has 0 radical (unpaired) electrons. The molecule has 0 unspecified atom stereocenters. The Labute approximate surface area is 134 Å². The Bertz CT molecular complexity index is 525. The lowest BCUT2D eigenvalue weighted by Gasteiger charge is -2.37. The highest BCUT2D eigenvalue weighted by molar-refractivity contribution is 5.79. The Morgan fingerprint density at radius 3 is 2.65 bits per heavy atom. The predicted octanol–water partition coefficient (Wildman–Crippen LogP) is 2.28. The topological polar surface area (TPSA) is 67.2 Å². The van der Waals surface area contributed by atoms with E-state index in [-0.39, 0.29) is 49.6 Å². The van der Waals surface area contributed by atoms with Gasteiger partial charge in [0.1, 0.15) is 0 Å². The van der Waals surface area contributed by atoms with E-state index in [1.54, 1.807) is 18.7 Å². The molecule has 3 rings (SSSR count). The molecule has 23 heavy (non-hydrogen) atoms. The molecule has 2 N–H and O–H groups in total. The van der Waals surface area contributed by atoms with Crippen molar-refractivity contribution in [1.82, 2.24) is 14.9 Å². The number of aromatic nitrogens is 2. The van der Waals surface area contributed by atoms with Gasteiger partial charge in [-0.1, -0.05) is 0 Å². The summed E-state index contributed by atoms with van der Waals surface area (Å²) in [7, 11) is 0. The molecule has 2 fully saturated rings. The number of alkyl halides is 2. The van der Waals surface area contributed by atoms with E-state index >= 15 is 0 Å². The normalized spacial score (nSPS) is 31.7. The number of rotatable bonds is 3. The van der Waals surface area contributed by atoms with Crippen molar-refractivity contribution in [3.8, 4) is 0 Å². The van der Waals surface area contributed by atoms with Gasteiger partial charge in [-0.2, -0.15) is 0 Å². The zero-order valence-corrected chi connectivity index (χ0v) is 13.0. The van der Waals surface area contributed by atoms with Gasteiger partial charge in [0.2, 0.25) is 11.8 Å². The van der Waals surface area contributed by atoms with Crippen molar-refractivity contribution in [2.45, 2.75) is 69.1 Å². The van der Waals surface area contributed by atoms with Gasteiger partial charge in [0.15, 0.2) is 0 Å². The molecule has 2 aliphatic carbocycles. The molecule has 2 saturated carbocycles. The van der Waals surface area contributed by atoms with Crippen molar-refractivity contribution in [3.05, 3.63) is 18.7 Å². The van der Waals surface area contributed by atoms with E-state index < -0.39 is 12.0 Å². The van der Waals surface area contributed by atoms with Crippen LogP contribution >= 0.6 is 0 Å². The van der Waals surface area contributed by atoms with Gasteiger partial charge in [-0.3, -0.25) is 4.79 Å². The second-order valence-corrected chi connectivity index (χ2v) is 6.74. The molecule has 0 aromatic carbocycles. The average Bonchev–Trinajstić information content (AvgIpc) is 3.03. The number of carbonyl (C=O) groups is 1. The summed E-state index contributed by atoms with van der Waals surface area (Å²) < 4.78 is 28.2. The number of hydrogen-bond donors (Lipinski definition) is 2. The first-order chi connectivity index (χ1) is 11.0. The van der Waals surface area contributed by atoms with Crippen LogP contribution in [0.4, 0.5) is 8.78 Å². The first kappa shape index (κ1) is 16.4. The van der Waals surface area contributed by atoms with E-state index in [0.717, 1.165) is 12.8 Å². The number of hydrogen-bond acceptors (Lipinski definition) is 3. The Hall–Kier alpha value is -1.50. The van der Waals surface area contributed by atoms with E-state index in [1.807, 2.05) is 4.57 Å². The quantitative estimate of drug-likeness (QED) is 0.895. The van der Waals surface area contributed by atoms with Gasteiger partial charge in [-0.15, -0.1) is 0 Å². The van der Waals surface area contributed by atoms with Crippen LogP contribution in [-0.2, 0) is 4.79 Å². The summed E-state index contributed by atoms with van der Waals surface area (Å²) in [4.78, 5) is 16.3. The van der Waals surface area contributed by atoms with Crippen LogP contribution in [0.1, 0.15) is 51.0 Å². The van der Waals surface area contributed by atoms with Crippen molar-refractivity contribution in [1.29, 1.82) is 0 Å². The SMILES string of the molecule is O=C(N[C@@H]1CCC[C@@H](n2ccnc2)[C@@H]1O)C1CCC(F)(F)CC1. The second-order valence-electron chi connectivity index (χ2n) is 6.74. The second kappa shape index (κ2) is 6.55. The first-order valence-corrected chi connectivity index (χ1v) is 8.30.